The van der Waals surface area contributed by atoms with Crippen LogP contribution in [0.25, 0.3) is 6.08 Å². The molecule has 0 atom stereocenters. The third-order valence-corrected chi connectivity index (χ3v) is 5.65. The van der Waals surface area contributed by atoms with Gasteiger partial charge in [0, 0.05) is 25.3 Å². The molecule has 0 unspecified atom stereocenters. The molecule has 7 nitrogen and oxygen atoms in total. The fraction of sp³-hybridized carbons (Fsp3) is 0.115. The maximum atomic E-state index is 12.9. The van der Waals surface area contributed by atoms with Crippen molar-refractivity contribution >= 4 is 52.4 Å². The quantitative estimate of drug-likeness (QED) is 0.184. The first-order valence-electron chi connectivity index (χ1n) is 10.4. The first-order valence-corrected chi connectivity index (χ1v) is 11.5. The number of rotatable bonds is 8. The molecule has 3 aromatic carbocycles. The van der Waals surface area contributed by atoms with E-state index in [1.54, 1.807) is 37.5 Å². The monoisotopic (exact) mass is 568 g/mol. The molecule has 0 aromatic heterocycles. The van der Waals surface area contributed by atoms with Crippen LogP contribution in [0.5, 0.6) is 5.75 Å². The van der Waals surface area contributed by atoms with E-state index in [-0.39, 0.29) is 11.6 Å². The summed E-state index contributed by atoms with van der Waals surface area (Å²) in [5.74, 6) is -0.169. The molecule has 0 aliphatic rings. The number of carbonyl (C=O) groups is 2. The van der Waals surface area contributed by atoms with Crippen LogP contribution in [0.1, 0.15) is 21.5 Å². The van der Waals surface area contributed by atoms with E-state index < -0.39 is 5.91 Å². The van der Waals surface area contributed by atoms with Crippen LogP contribution in [0.3, 0.4) is 0 Å². The minimum Gasteiger partial charge on any atom is -0.496 e. The van der Waals surface area contributed by atoms with Gasteiger partial charge in [-0.15, -0.1) is 0 Å². The summed E-state index contributed by atoms with van der Waals surface area (Å²) >= 11 is 2.17. The zero-order valence-electron chi connectivity index (χ0n) is 19.1. The Morgan fingerprint density at radius 3 is 2.26 bits per heavy atom. The summed E-state index contributed by atoms with van der Waals surface area (Å²) < 4.78 is 6.18. The number of nitrogens with one attached hydrogen (secondary N) is 2. The van der Waals surface area contributed by atoms with Gasteiger partial charge in [0.2, 0.25) is 0 Å². The van der Waals surface area contributed by atoms with Crippen LogP contribution < -0.4 is 20.4 Å². The van der Waals surface area contributed by atoms with E-state index in [0.717, 1.165) is 26.1 Å². The maximum absolute atomic E-state index is 12.9. The van der Waals surface area contributed by atoms with Crippen molar-refractivity contribution in [3.05, 3.63) is 98.8 Å². The second kappa shape index (κ2) is 12.0. The van der Waals surface area contributed by atoms with Gasteiger partial charge in [-0.2, -0.15) is 5.10 Å². The Kier molecular flexibility index (Phi) is 8.80. The molecule has 0 aliphatic carbocycles. The largest absolute Gasteiger partial charge is 0.496 e. The molecule has 2 N–H and O–H groups in total. The Morgan fingerprint density at radius 2 is 1.65 bits per heavy atom. The van der Waals surface area contributed by atoms with Crippen molar-refractivity contribution in [2.24, 2.45) is 5.10 Å². The molecule has 0 heterocycles. The average Bonchev–Trinajstić information content (AvgIpc) is 2.84. The van der Waals surface area contributed by atoms with Crippen LogP contribution in [0.15, 0.2) is 83.6 Å². The molecule has 2 amide bonds. The first kappa shape index (κ1) is 25.0. The lowest BCUT2D eigenvalue weighted by atomic mass is 10.1. The molecule has 0 bridgehead atoms. The summed E-state index contributed by atoms with van der Waals surface area (Å²) in [5, 5.41) is 6.75. The highest BCUT2D eigenvalue weighted by Gasteiger charge is 2.14. The van der Waals surface area contributed by atoms with Crippen LogP contribution >= 0.6 is 22.6 Å². The van der Waals surface area contributed by atoms with Gasteiger partial charge in [-0.25, -0.2) is 5.43 Å². The third-order valence-electron chi connectivity index (χ3n) is 4.80. The van der Waals surface area contributed by atoms with Gasteiger partial charge in [-0.1, -0.05) is 30.3 Å². The number of halogens is 1. The minimum absolute atomic E-state index is 0.0768. The van der Waals surface area contributed by atoms with Crippen molar-refractivity contribution in [3.63, 3.8) is 0 Å². The Morgan fingerprint density at radius 1 is 0.971 bits per heavy atom. The fourth-order valence-electron chi connectivity index (χ4n) is 2.97. The van der Waals surface area contributed by atoms with Gasteiger partial charge in [0.1, 0.15) is 11.4 Å². The van der Waals surface area contributed by atoms with Gasteiger partial charge >= 0.3 is 0 Å². The Labute approximate surface area is 212 Å². The van der Waals surface area contributed by atoms with Gasteiger partial charge in [-0.3, -0.25) is 9.59 Å². The Bertz CT molecular complexity index is 1210. The second-order valence-corrected chi connectivity index (χ2v) is 8.62. The third kappa shape index (κ3) is 6.92. The van der Waals surface area contributed by atoms with E-state index in [9.17, 15) is 9.59 Å². The Balaban J connectivity index is 1.80. The van der Waals surface area contributed by atoms with E-state index in [0.29, 0.717) is 5.56 Å². The predicted octanol–water partition coefficient (Wildman–Crippen LogP) is 4.29. The Hall–Kier alpha value is -3.66. The summed E-state index contributed by atoms with van der Waals surface area (Å²) in [4.78, 5) is 27.6. The van der Waals surface area contributed by atoms with Gasteiger partial charge in [-0.05, 0) is 82.3 Å². The predicted molar refractivity (Wildman–Crippen MR) is 144 cm³/mol. The van der Waals surface area contributed by atoms with Crippen LogP contribution in [-0.2, 0) is 4.79 Å². The van der Waals surface area contributed by atoms with E-state index in [1.807, 2.05) is 67.5 Å². The van der Waals surface area contributed by atoms with Gasteiger partial charge in [0.15, 0.2) is 0 Å². The lowest BCUT2D eigenvalue weighted by Crippen LogP contribution is -2.32. The van der Waals surface area contributed by atoms with Crippen molar-refractivity contribution in [3.8, 4) is 5.75 Å². The molecule has 3 aromatic rings. The summed E-state index contributed by atoms with van der Waals surface area (Å²) in [6, 6.07) is 21.9. The molecule has 3 rings (SSSR count). The number of benzene rings is 3. The normalized spacial score (nSPS) is 11.2. The highest BCUT2D eigenvalue weighted by Crippen LogP contribution is 2.20. The fourth-order valence-corrected chi connectivity index (χ4v) is 3.73. The summed E-state index contributed by atoms with van der Waals surface area (Å²) in [6.45, 7) is 0. The van der Waals surface area contributed by atoms with Crippen LogP contribution in [-0.4, -0.2) is 39.2 Å². The van der Waals surface area contributed by atoms with Gasteiger partial charge in [0.25, 0.3) is 11.8 Å². The van der Waals surface area contributed by atoms with Crippen molar-refractivity contribution in [2.45, 2.75) is 0 Å². The van der Waals surface area contributed by atoms with Gasteiger partial charge < -0.3 is 15.0 Å². The average molecular weight is 568 g/mol. The van der Waals surface area contributed by atoms with Crippen molar-refractivity contribution < 1.29 is 14.3 Å². The van der Waals surface area contributed by atoms with Crippen molar-refractivity contribution in [1.29, 1.82) is 0 Å². The standard InChI is InChI=1S/C26H25IN4O3/c1-31(2)21-12-9-18(10-13-21)16-23(29-25(32)20-7-5-4-6-8-20)26(33)30-28-17-19-11-14-24(34-3)22(27)15-19/h4-17H,1-3H3,(H,29,32)(H,30,33)/b23-16-,28-17+. The molecule has 0 saturated carbocycles. The molecule has 0 aliphatic heterocycles. The number of hydrogen-bond acceptors (Lipinski definition) is 5. The highest BCUT2D eigenvalue weighted by molar-refractivity contribution is 14.1. The lowest BCUT2D eigenvalue weighted by molar-refractivity contribution is -0.117. The van der Waals surface area contributed by atoms with Crippen LogP contribution in [0.4, 0.5) is 5.69 Å². The zero-order valence-corrected chi connectivity index (χ0v) is 21.2. The number of hydrogen-bond donors (Lipinski definition) is 2. The molecule has 0 spiro atoms. The molecule has 174 valence electrons. The molecule has 0 radical (unpaired) electrons. The lowest BCUT2D eigenvalue weighted by Gasteiger charge is -2.12. The second-order valence-electron chi connectivity index (χ2n) is 7.46. The topological polar surface area (TPSA) is 83.0 Å². The number of nitrogens with zero attached hydrogens (tertiary/aromatic N) is 2. The smallest absolute Gasteiger partial charge is 0.287 e. The molecule has 0 saturated heterocycles. The van der Waals surface area contributed by atoms with Crippen LogP contribution in [0.2, 0.25) is 0 Å². The number of amides is 2. The zero-order chi connectivity index (χ0) is 24.5. The molecule has 0 fully saturated rings. The number of hydrazone groups is 1. The summed E-state index contributed by atoms with van der Waals surface area (Å²) in [7, 11) is 5.51. The van der Waals surface area contributed by atoms with Crippen molar-refractivity contribution in [2.75, 3.05) is 26.1 Å². The van der Waals surface area contributed by atoms with Crippen molar-refractivity contribution in [1.82, 2.24) is 10.7 Å². The maximum Gasteiger partial charge on any atom is 0.287 e. The van der Waals surface area contributed by atoms with E-state index in [4.69, 9.17) is 4.74 Å². The SMILES string of the molecule is COc1ccc(/C=N/NC(=O)/C(=C/c2ccc(N(C)C)cc2)NC(=O)c2ccccc2)cc1I. The first-order chi connectivity index (χ1) is 16.4. The number of carbonyl (C=O) groups excluding carboxylic acids is 2. The number of ether oxygens (including phenoxy) is 1. The van der Waals surface area contributed by atoms with E-state index >= 15 is 0 Å². The highest BCUT2D eigenvalue weighted by atomic mass is 127. The van der Waals surface area contributed by atoms with E-state index in [2.05, 4.69) is 38.4 Å². The number of anilines is 1. The van der Waals surface area contributed by atoms with E-state index in [1.165, 1.54) is 6.21 Å². The van der Waals surface area contributed by atoms with Gasteiger partial charge in [0.05, 0.1) is 16.9 Å². The summed E-state index contributed by atoms with van der Waals surface area (Å²) in [5.41, 5.74) is 5.59. The summed E-state index contributed by atoms with van der Waals surface area (Å²) in [6.07, 6.45) is 3.14. The minimum atomic E-state index is -0.541. The number of methoxy groups -OCH3 is 1. The molecule has 34 heavy (non-hydrogen) atoms. The molecule has 8 heteroatoms. The molecular weight excluding hydrogens is 543 g/mol. The van der Waals surface area contributed by atoms with Crippen LogP contribution in [0, 0.1) is 3.57 Å². The molecular formula is C26H25IN4O3.